The van der Waals surface area contributed by atoms with Crippen LogP contribution in [0.25, 0.3) is 27.4 Å². The Kier molecular flexibility index (Phi) is 3.41. The molecule has 26 heavy (non-hydrogen) atoms. The Bertz CT molecular complexity index is 1150. The molecule has 1 aliphatic rings. The molecule has 1 aliphatic heterocycles. The van der Waals surface area contributed by atoms with Gasteiger partial charge in [0.2, 0.25) is 0 Å². The molecule has 0 fully saturated rings. The van der Waals surface area contributed by atoms with Gasteiger partial charge in [0.25, 0.3) is 0 Å². The summed E-state index contributed by atoms with van der Waals surface area (Å²) in [5.74, 6) is 0. The number of benzene rings is 2. The highest BCUT2D eigenvalue weighted by atomic mass is 15.1. The molecule has 4 aromatic rings. The molecule has 0 atom stereocenters. The third-order valence-corrected chi connectivity index (χ3v) is 5.71. The first-order valence-corrected chi connectivity index (χ1v) is 9.29. The fourth-order valence-electron chi connectivity index (χ4n) is 4.38. The van der Waals surface area contributed by atoms with Crippen LogP contribution in [0.2, 0.25) is 0 Å². The minimum absolute atomic E-state index is 1.01. The van der Waals surface area contributed by atoms with Crippen molar-refractivity contribution >= 4 is 21.7 Å². The minimum Gasteiger partial charge on any atom is -0.311 e. The molecule has 2 aromatic carbocycles. The lowest BCUT2D eigenvalue weighted by Crippen LogP contribution is -2.27. The lowest BCUT2D eigenvalue weighted by atomic mass is 10.0. The van der Waals surface area contributed by atoms with Crippen molar-refractivity contribution in [3.8, 4) is 5.69 Å². The predicted octanol–water partition coefficient (Wildman–Crippen LogP) is 4.78. The zero-order valence-electron chi connectivity index (χ0n) is 15.6. The van der Waals surface area contributed by atoms with E-state index in [2.05, 4.69) is 79.0 Å². The summed E-state index contributed by atoms with van der Waals surface area (Å²) < 4.78 is 2.46. The molecule has 3 heteroatoms. The predicted molar refractivity (Wildman–Crippen MR) is 108 cm³/mol. The van der Waals surface area contributed by atoms with Crippen LogP contribution in [0.15, 0.2) is 48.7 Å². The van der Waals surface area contributed by atoms with Crippen LogP contribution >= 0.6 is 0 Å². The topological polar surface area (TPSA) is 21.1 Å². The Balaban J connectivity index is 1.91. The zero-order chi connectivity index (χ0) is 17.8. The number of aromatic nitrogens is 2. The molecule has 0 unspecified atom stereocenters. The van der Waals surface area contributed by atoms with Crippen LogP contribution in [0.1, 0.15) is 22.5 Å². The molecule has 0 spiro atoms. The standard InChI is InChI=1S/C23H23N3/c1-15-8-9-21-19(12-15)20-14-25(3)11-10-22(20)26(21)23-13-24-16(2)17-6-4-5-7-18(17)23/h4-9,12-13H,10-11,14H2,1-3H3. The fourth-order valence-corrected chi connectivity index (χ4v) is 4.38. The summed E-state index contributed by atoms with van der Waals surface area (Å²) in [7, 11) is 2.21. The van der Waals surface area contributed by atoms with Gasteiger partial charge in [0.05, 0.1) is 17.4 Å². The van der Waals surface area contributed by atoms with Gasteiger partial charge >= 0.3 is 0 Å². The SMILES string of the molecule is Cc1ccc2c(c1)c1c(n2-c2cnc(C)c3ccccc23)CCN(C)C1. The van der Waals surface area contributed by atoms with Crippen LogP contribution in [0.4, 0.5) is 0 Å². The Hall–Kier alpha value is -2.65. The molecule has 0 saturated carbocycles. The number of pyridine rings is 1. The van der Waals surface area contributed by atoms with E-state index in [-0.39, 0.29) is 0 Å². The first kappa shape index (κ1) is 15.6. The first-order valence-electron chi connectivity index (χ1n) is 9.29. The number of fused-ring (bicyclic) bond motifs is 4. The van der Waals surface area contributed by atoms with E-state index in [4.69, 9.17) is 4.98 Å². The molecule has 5 rings (SSSR count). The van der Waals surface area contributed by atoms with E-state index in [0.29, 0.717) is 0 Å². The molecule has 2 aromatic heterocycles. The van der Waals surface area contributed by atoms with Crippen molar-refractivity contribution in [2.24, 2.45) is 0 Å². The Morgan fingerprint density at radius 2 is 1.77 bits per heavy atom. The minimum atomic E-state index is 1.01. The van der Waals surface area contributed by atoms with Crippen molar-refractivity contribution < 1.29 is 0 Å². The summed E-state index contributed by atoms with van der Waals surface area (Å²) >= 11 is 0. The van der Waals surface area contributed by atoms with Crippen LogP contribution in [0.3, 0.4) is 0 Å². The van der Waals surface area contributed by atoms with Gasteiger partial charge in [-0.3, -0.25) is 4.98 Å². The summed E-state index contributed by atoms with van der Waals surface area (Å²) in [6, 6.07) is 15.5. The average molecular weight is 341 g/mol. The van der Waals surface area contributed by atoms with Gasteiger partial charge < -0.3 is 9.47 Å². The summed E-state index contributed by atoms with van der Waals surface area (Å²) in [6.07, 6.45) is 3.12. The van der Waals surface area contributed by atoms with Crippen LogP contribution in [0.5, 0.6) is 0 Å². The van der Waals surface area contributed by atoms with Crippen LogP contribution < -0.4 is 0 Å². The Labute approximate surface area is 153 Å². The maximum atomic E-state index is 4.72. The third kappa shape index (κ3) is 2.20. The number of hydrogen-bond donors (Lipinski definition) is 0. The van der Waals surface area contributed by atoms with Crippen molar-refractivity contribution in [2.75, 3.05) is 13.6 Å². The maximum Gasteiger partial charge on any atom is 0.0721 e. The molecule has 0 bridgehead atoms. The third-order valence-electron chi connectivity index (χ3n) is 5.71. The fraction of sp³-hybridized carbons (Fsp3) is 0.261. The second-order valence-corrected chi connectivity index (χ2v) is 7.54. The Morgan fingerprint density at radius 1 is 0.962 bits per heavy atom. The monoisotopic (exact) mass is 341 g/mol. The second kappa shape index (κ2) is 5.68. The second-order valence-electron chi connectivity index (χ2n) is 7.54. The number of likely N-dealkylation sites (N-methyl/N-ethyl adjacent to an activating group) is 1. The van der Waals surface area contributed by atoms with Crippen molar-refractivity contribution in [1.82, 2.24) is 14.5 Å². The van der Waals surface area contributed by atoms with Crippen LogP contribution in [-0.4, -0.2) is 28.0 Å². The number of rotatable bonds is 1. The first-order chi connectivity index (χ1) is 12.6. The summed E-state index contributed by atoms with van der Waals surface area (Å²) in [6.45, 7) is 6.38. The van der Waals surface area contributed by atoms with Crippen LogP contribution in [-0.2, 0) is 13.0 Å². The van der Waals surface area contributed by atoms with Gasteiger partial charge in [0.1, 0.15) is 0 Å². The van der Waals surface area contributed by atoms with Gasteiger partial charge in [-0.25, -0.2) is 0 Å². The van der Waals surface area contributed by atoms with Crippen molar-refractivity contribution in [2.45, 2.75) is 26.8 Å². The van der Waals surface area contributed by atoms with Crippen molar-refractivity contribution in [1.29, 1.82) is 0 Å². The summed E-state index contributed by atoms with van der Waals surface area (Å²) in [5, 5.41) is 3.90. The van der Waals surface area contributed by atoms with Gasteiger partial charge in [-0.1, -0.05) is 35.9 Å². The molecule has 0 amide bonds. The lowest BCUT2D eigenvalue weighted by molar-refractivity contribution is 0.311. The maximum absolute atomic E-state index is 4.72. The summed E-state index contributed by atoms with van der Waals surface area (Å²) in [5.41, 5.74) is 7.82. The van der Waals surface area contributed by atoms with Crippen LogP contribution in [0, 0.1) is 13.8 Å². The molecule has 3 nitrogen and oxygen atoms in total. The molecule has 0 aliphatic carbocycles. The summed E-state index contributed by atoms with van der Waals surface area (Å²) in [4.78, 5) is 7.14. The van der Waals surface area contributed by atoms with E-state index in [1.807, 2.05) is 0 Å². The molecule has 0 N–H and O–H groups in total. The normalized spacial score (nSPS) is 14.9. The number of aryl methyl sites for hydroxylation is 2. The van der Waals surface area contributed by atoms with Gasteiger partial charge in [0.15, 0.2) is 0 Å². The van der Waals surface area contributed by atoms with E-state index < -0.39 is 0 Å². The smallest absolute Gasteiger partial charge is 0.0721 e. The van der Waals surface area contributed by atoms with E-state index >= 15 is 0 Å². The Morgan fingerprint density at radius 3 is 2.62 bits per heavy atom. The highest BCUT2D eigenvalue weighted by Crippen LogP contribution is 2.36. The quantitative estimate of drug-likeness (QED) is 0.497. The number of nitrogens with zero attached hydrogens (tertiary/aromatic N) is 3. The van der Waals surface area contributed by atoms with E-state index in [0.717, 1.165) is 25.2 Å². The molecular formula is C23H23N3. The van der Waals surface area contributed by atoms with Gasteiger partial charge in [-0.15, -0.1) is 0 Å². The van der Waals surface area contributed by atoms with Gasteiger partial charge in [-0.05, 0) is 38.6 Å². The van der Waals surface area contributed by atoms with Crippen molar-refractivity contribution in [3.63, 3.8) is 0 Å². The van der Waals surface area contributed by atoms with Gasteiger partial charge in [0, 0.05) is 47.1 Å². The highest BCUT2D eigenvalue weighted by molar-refractivity contribution is 5.95. The van der Waals surface area contributed by atoms with Crippen molar-refractivity contribution in [3.05, 3.63) is 71.2 Å². The molecule has 130 valence electrons. The van der Waals surface area contributed by atoms with E-state index in [1.165, 1.54) is 44.2 Å². The zero-order valence-corrected chi connectivity index (χ0v) is 15.6. The lowest BCUT2D eigenvalue weighted by Gasteiger charge is -2.24. The number of hydrogen-bond acceptors (Lipinski definition) is 2. The van der Waals surface area contributed by atoms with Gasteiger partial charge in [-0.2, -0.15) is 0 Å². The average Bonchev–Trinajstić information content (AvgIpc) is 2.95. The molecule has 0 radical (unpaired) electrons. The molecular weight excluding hydrogens is 318 g/mol. The molecule has 0 saturated heterocycles. The highest BCUT2D eigenvalue weighted by Gasteiger charge is 2.24. The van der Waals surface area contributed by atoms with E-state index in [9.17, 15) is 0 Å². The molecule has 3 heterocycles. The van der Waals surface area contributed by atoms with E-state index in [1.54, 1.807) is 0 Å². The largest absolute Gasteiger partial charge is 0.311 e.